The molecule has 1 aromatic rings. The lowest BCUT2D eigenvalue weighted by Crippen LogP contribution is -2.38. The average Bonchev–Trinajstić information content (AvgIpc) is 2.26. The normalized spacial score (nSPS) is 14.1. The van der Waals surface area contributed by atoms with E-state index in [9.17, 15) is 21.6 Å². The molecule has 1 unspecified atom stereocenters. The van der Waals surface area contributed by atoms with E-state index in [-0.39, 0.29) is 4.90 Å². The highest BCUT2D eigenvalue weighted by atomic mass is 32.2. The van der Waals surface area contributed by atoms with E-state index in [0.29, 0.717) is 6.54 Å². The van der Waals surface area contributed by atoms with E-state index in [1.165, 1.54) is 12.1 Å². The van der Waals surface area contributed by atoms with E-state index < -0.39 is 28.2 Å². The molecule has 0 radical (unpaired) electrons. The number of sulfonamides is 1. The molecule has 0 saturated carbocycles. The summed E-state index contributed by atoms with van der Waals surface area (Å²) < 4.78 is 66.2. The maximum Gasteiger partial charge on any atom is 0.573 e. The van der Waals surface area contributed by atoms with Crippen molar-refractivity contribution >= 4 is 10.0 Å². The zero-order valence-corrected chi connectivity index (χ0v) is 11.7. The molecule has 0 fully saturated rings. The van der Waals surface area contributed by atoms with Crippen molar-refractivity contribution < 1.29 is 26.3 Å². The standard InChI is InChI=1S/C11H15F3N2O3S/c1-8(7-15-2)16-20(17,18)10-5-3-4-9(6-10)19-11(12,13)14/h3-6,8,15-16H,7H2,1-2H3. The molecule has 0 aliphatic carbocycles. The highest BCUT2D eigenvalue weighted by Gasteiger charge is 2.31. The number of ether oxygens (including phenoxy) is 1. The summed E-state index contributed by atoms with van der Waals surface area (Å²) in [6.45, 7) is 2.02. The van der Waals surface area contributed by atoms with Crippen molar-refractivity contribution in [1.82, 2.24) is 10.0 Å². The highest BCUT2D eigenvalue weighted by Crippen LogP contribution is 2.24. The van der Waals surface area contributed by atoms with Crippen molar-refractivity contribution in [2.45, 2.75) is 24.2 Å². The monoisotopic (exact) mass is 312 g/mol. The molecule has 114 valence electrons. The molecule has 5 nitrogen and oxygen atoms in total. The van der Waals surface area contributed by atoms with Gasteiger partial charge in [0, 0.05) is 18.7 Å². The zero-order valence-electron chi connectivity index (χ0n) is 10.9. The zero-order chi connectivity index (χ0) is 15.4. The van der Waals surface area contributed by atoms with E-state index >= 15 is 0 Å². The topological polar surface area (TPSA) is 67.4 Å². The van der Waals surface area contributed by atoms with Gasteiger partial charge in [0.15, 0.2) is 0 Å². The van der Waals surface area contributed by atoms with Crippen molar-refractivity contribution in [3.63, 3.8) is 0 Å². The van der Waals surface area contributed by atoms with Crippen LogP contribution in [0.25, 0.3) is 0 Å². The third-order valence-corrected chi connectivity index (χ3v) is 3.80. The molecule has 1 aromatic carbocycles. The van der Waals surface area contributed by atoms with Crippen LogP contribution in [0.15, 0.2) is 29.2 Å². The molecule has 0 aliphatic heterocycles. The van der Waals surface area contributed by atoms with Gasteiger partial charge in [-0.25, -0.2) is 13.1 Å². The van der Waals surface area contributed by atoms with Gasteiger partial charge >= 0.3 is 6.36 Å². The Kier molecular flexibility index (Phi) is 5.37. The largest absolute Gasteiger partial charge is 0.573 e. The molecule has 0 aliphatic rings. The first-order valence-electron chi connectivity index (χ1n) is 5.67. The quantitative estimate of drug-likeness (QED) is 0.835. The lowest BCUT2D eigenvalue weighted by atomic mass is 10.3. The maximum atomic E-state index is 12.1. The van der Waals surface area contributed by atoms with Crippen molar-refractivity contribution in [1.29, 1.82) is 0 Å². The number of nitrogens with one attached hydrogen (secondary N) is 2. The first-order chi connectivity index (χ1) is 9.14. The molecule has 0 amide bonds. The molecule has 0 aromatic heterocycles. The molecule has 0 spiro atoms. The lowest BCUT2D eigenvalue weighted by molar-refractivity contribution is -0.274. The Hall–Kier alpha value is -1.32. The Labute approximate surface area is 115 Å². The summed E-state index contributed by atoms with van der Waals surface area (Å²) >= 11 is 0. The average molecular weight is 312 g/mol. The van der Waals surface area contributed by atoms with E-state index in [4.69, 9.17) is 0 Å². The molecule has 1 atom stereocenters. The molecule has 0 bridgehead atoms. The Morgan fingerprint density at radius 2 is 2.00 bits per heavy atom. The molecule has 0 saturated heterocycles. The van der Waals surface area contributed by atoms with Crippen molar-refractivity contribution in [3.05, 3.63) is 24.3 Å². The maximum absolute atomic E-state index is 12.1. The fraction of sp³-hybridized carbons (Fsp3) is 0.455. The van der Waals surface area contributed by atoms with Gasteiger partial charge in [-0.3, -0.25) is 0 Å². The van der Waals surface area contributed by atoms with Gasteiger partial charge in [0.1, 0.15) is 5.75 Å². The minimum absolute atomic E-state index is 0.290. The van der Waals surface area contributed by atoms with Crippen LogP contribution in [0.4, 0.5) is 13.2 Å². The minimum atomic E-state index is -4.87. The van der Waals surface area contributed by atoms with E-state index in [0.717, 1.165) is 12.1 Å². The number of benzene rings is 1. The SMILES string of the molecule is CNCC(C)NS(=O)(=O)c1cccc(OC(F)(F)F)c1. The summed E-state index contributed by atoms with van der Waals surface area (Å²) in [5.41, 5.74) is 0. The van der Waals surface area contributed by atoms with Gasteiger partial charge < -0.3 is 10.1 Å². The van der Waals surface area contributed by atoms with Crippen LogP contribution in [0.1, 0.15) is 6.92 Å². The van der Waals surface area contributed by atoms with Gasteiger partial charge in [-0.15, -0.1) is 13.2 Å². The smallest absolute Gasteiger partial charge is 0.406 e. The van der Waals surface area contributed by atoms with E-state index in [1.807, 2.05) is 0 Å². The van der Waals surface area contributed by atoms with Crippen LogP contribution in [0.2, 0.25) is 0 Å². The fourth-order valence-electron chi connectivity index (χ4n) is 1.52. The number of likely N-dealkylation sites (N-methyl/N-ethyl adjacent to an activating group) is 1. The van der Waals surface area contributed by atoms with Crippen LogP contribution >= 0.6 is 0 Å². The van der Waals surface area contributed by atoms with Crippen molar-refractivity contribution in [2.75, 3.05) is 13.6 Å². The summed E-state index contributed by atoms with van der Waals surface area (Å²) in [6.07, 6.45) is -4.87. The Balaban J connectivity index is 2.93. The first-order valence-corrected chi connectivity index (χ1v) is 7.15. The van der Waals surface area contributed by atoms with Crippen molar-refractivity contribution in [3.8, 4) is 5.75 Å². The number of hydrogen-bond acceptors (Lipinski definition) is 4. The van der Waals surface area contributed by atoms with Crippen LogP contribution in [0.3, 0.4) is 0 Å². The van der Waals surface area contributed by atoms with E-state index in [1.54, 1.807) is 14.0 Å². The van der Waals surface area contributed by atoms with Gasteiger partial charge in [-0.05, 0) is 26.1 Å². The summed E-state index contributed by atoms with van der Waals surface area (Å²) in [5, 5.41) is 2.78. The third kappa shape index (κ3) is 5.35. The summed E-state index contributed by atoms with van der Waals surface area (Å²) in [4.78, 5) is -0.290. The number of hydrogen-bond donors (Lipinski definition) is 2. The molecular weight excluding hydrogens is 297 g/mol. The molecule has 1 rings (SSSR count). The second-order valence-corrected chi connectivity index (χ2v) is 5.82. The second-order valence-electron chi connectivity index (χ2n) is 4.10. The summed E-state index contributed by atoms with van der Waals surface area (Å²) in [6, 6.07) is 3.82. The van der Waals surface area contributed by atoms with Crippen LogP contribution in [0.5, 0.6) is 5.75 Å². The third-order valence-electron chi connectivity index (χ3n) is 2.22. The fourth-order valence-corrected chi connectivity index (χ4v) is 2.80. The van der Waals surface area contributed by atoms with Gasteiger partial charge in [0.05, 0.1) is 4.90 Å². The van der Waals surface area contributed by atoms with Crippen LogP contribution in [-0.2, 0) is 10.0 Å². The summed E-state index contributed by atoms with van der Waals surface area (Å²) in [5.74, 6) is -0.582. The van der Waals surface area contributed by atoms with Gasteiger partial charge in [0.2, 0.25) is 10.0 Å². The van der Waals surface area contributed by atoms with Crippen LogP contribution < -0.4 is 14.8 Å². The predicted molar refractivity (Wildman–Crippen MR) is 66.8 cm³/mol. The molecule has 2 N–H and O–H groups in total. The Bertz CT molecular complexity index is 546. The lowest BCUT2D eigenvalue weighted by Gasteiger charge is -2.14. The number of halogens is 3. The molecular formula is C11H15F3N2O3S. The van der Waals surface area contributed by atoms with E-state index in [2.05, 4.69) is 14.8 Å². The number of rotatable bonds is 6. The molecule has 9 heteroatoms. The highest BCUT2D eigenvalue weighted by molar-refractivity contribution is 7.89. The Morgan fingerprint density at radius 1 is 1.35 bits per heavy atom. The van der Waals surface area contributed by atoms with Gasteiger partial charge in [-0.2, -0.15) is 0 Å². The van der Waals surface area contributed by atoms with Crippen molar-refractivity contribution in [2.24, 2.45) is 0 Å². The van der Waals surface area contributed by atoms with Crippen LogP contribution in [-0.4, -0.2) is 34.4 Å². The molecule has 20 heavy (non-hydrogen) atoms. The van der Waals surface area contributed by atoms with Crippen LogP contribution in [0, 0.1) is 0 Å². The summed E-state index contributed by atoms with van der Waals surface area (Å²) in [7, 11) is -2.24. The molecule has 0 heterocycles. The number of alkyl halides is 3. The van der Waals surface area contributed by atoms with Gasteiger partial charge in [0.25, 0.3) is 0 Å². The predicted octanol–water partition coefficient (Wildman–Crippen LogP) is 1.47. The van der Waals surface area contributed by atoms with Gasteiger partial charge in [-0.1, -0.05) is 6.07 Å². The first kappa shape index (κ1) is 16.7. The second kappa shape index (κ2) is 6.42. The Morgan fingerprint density at radius 3 is 2.55 bits per heavy atom. The minimum Gasteiger partial charge on any atom is -0.406 e.